The maximum Gasteiger partial charge on any atom is 0.274 e. The minimum Gasteiger partial charge on any atom is -0.267 e. The number of non-ortho nitro benzene ring substituents is 2. The van der Waals surface area contributed by atoms with Crippen LogP contribution in [0.15, 0.2) is 107 Å². The molecule has 4 aromatic rings. The third-order valence-electron chi connectivity index (χ3n) is 6.25. The fourth-order valence-electron chi connectivity index (χ4n) is 4.27. The number of rotatable bonds is 6. The zero-order valence-electron chi connectivity index (χ0n) is 20.9. The Balaban J connectivity index is 1.74. The van der Waals surface area contributed by atoms with Crippen LogP contribution < -0.4 is 8.61 Å². The number of nitrogens with zero attached hydrogens (tertiary/aromatic N) is 4. The molecule has 1 heterocycles. The Hall–Kier alpha value is -5.48. The number of hydrogen-bond donors (Lipinski definition) is 0. The number of amides is 2. The van der Waals surface area contributed by atoms with Crippen LogP contribution >= 0.6 is 0 Å². The average molecular weight is 609 g/mol. The van der Waals surface area contributed by atoms with Gasteiger partial charge in [0.15, 0.2) is 0 Å². The van der Waals surface area contributed by atoms with Crippen molar-refractivity contribution in [2.45, 2.75) is 9.79 Å². The smallest absolute Gasteiger partial charge is 0.267 e. The molecular formula is C26H16N4O10S2. The maximum atomic E-state index is 14.0. The first-order valence-electron chi connectivity index (χ1n) is 11.7. The van der Waals surface area contributed by atoms with Gasteiger partial charge in [-0.2, -0.15) is 8.61 Å². The summed E-state index contributed by atoms with van der Waals surface area (Å²) in [4.78, 5) is 47.7. The van der Waals surface area contributed by atoms with Gasteiger partial charge >= 0.3 is 0 Å². The van der Waals surface area contributed by atoms with Crippen LogP contribution in [0.3, 0.4) is 0 Å². The van der Waals surface area contributed by atoms with Crippen molar-refractivity contribution in [2.24, 2.45) is 0 Å². The van der Waals surface area contributed by atoms with E-state index < -0.39 is 85.4 Å². The summed E-state index contributed by atoms with van der Waals surface area (Å²) in [6.07, 6.45) is 0. The van der Waals surface area contributed by atoms with E-state index in [4.69, 9.17) is 0 Å². The molecule has 42 heavy (non-hydrogen) atoms. The van der Waals surface area contributed by atoms with Gasteiger partial charge < -0.3 is 0 Å². The summed E-state index contributed by atoms with van der Waals surface area (Å²) in [6.45, 7) is 0. The number of hydrogen-bond acceptors (Lipinski definition) is 10. The molecule has 212 valence electrons. The zero-order chi connectivity index (χ0) is 30.4. The van der Waals surface area contributed by atoms with Crippen LogP contribution in [0, 0.1) is 20.2 Å². The fourth-order valence-corrected chi connectivity index (χ4v) is 7.12. The molecule has 0 N–H and O–H groups in total. The van der Waals surface area contributed by atoms with Crippen LogP contribution in [0.2, 0.25) is 0 Å². The van der Waals surface area contributed by atoms with Gasteiger partial charge in [-0.3, -0.25) is 29.8 Å². The third-order valence-corrected chi connectivity index (χ3v) is 9.67. The maximum absolute atomic E-state index is 14.0. The highest BCUT2D eigenvalue weighted by molar-refractivity contribution is 7.94. The Morgan fingerprint density at radius 3 is 1.12 bits per heavy atom. The van der Waals surface area contributed by atoms with E-state index in [1.165, 1.54) is 24.3 Å². The normalized spacial score (nSPS) is 13.5. The second-order valence-corrected chi connectivity index (χ2v) is 12.3. The van der Waals surface area contributed by atoms with Gasteiger partial charge in [-0.25, -0.2) is 16.8 Å². The number of sulfonamides is 2. The van der Waals surface area contributed by atoms with E-state index >= 15 is 0 Å². The summed E-state index contributed by atoms with van der Waals surface area (Å²) in [6, 6.07) is 17.4. The topological polar surface area (TPSA) is 195 Å². The summed E-state index contributed by atoms with van der Waals surface area (Å²) < 4.78 is 56.1. The number of fused-ring (bicyclic) bond motifs is 2. The SMILES string of the molecule is O=C1c2ccccc2N(S(=O)(=O)c2ccc([N+](=O)[O-])cc2)C(=O)c2ccccc2N1S(=O)(=O)c1ccc([N+](=O)[O-])cc1. The zero-order valence-corrected chi connectivity index (χ0v) is 22.6. The predicted octanol–water partition coefficient (Wildman–Crippen LogP) is 3.89. The van der Waals surface area contributed by atoms with Crippen LogP contribution in [-0.2, 0) is 20.0 Å². The van der Waals surface area contributed by atoms with Crippen LogP contribution in [0.4, 0.5) is 22.7 Å². The number of carbonyl (C=O) groups excluding carboxylic acids is 2. The number of nitro groups is 2. The summed E-state index contributed by atoms with van der Waals surface area (Å²) in [5.74, 6) is -2.43. The van der Waals surface area contributed by atoms with Crippen molar-refractivity contribution in [2.75, 3.05) is 8.61 Å². The van der Waals surface area contributed by atoms with Crippen molar-refractivity contribution in [3.8, 4) is 0 Å². The van der Waals surface area contributed by atoms with Crippen LogP contribution in [0.5, 0.6) is 0 Å². The van der Waals surface area contributed by atoms with Crippen LogP contribution in [0.25, 0.3) is 0 Å². The molecule has 0 spiro atoms. The molecule has 2 amide bonds. The first kappa shape index (κ1) is 28.1. The standard InChI is InChI=1S/C26H16N4O10S2/c31-25-21-5-1-3-7-23(21)27(41(37,38)19-13-9-17(10-14-19)29(33)34)26(32)22-6-2-4-8-24(22)28(25)42(39,40)20-15-11-18(12-16-20)30(35)36/h1-16H. The van der Waals surface area contributed by atoms with Crippen LogP contribution in [0.1, 0.15) is 20.7 Å². The number of benzene rings is 4. The van der Waals surface area contributed by atoms with Crippen molar-refractivity contribution < 1.29 is 36.3 Å². The fraction of sp³-hybridized carbons (Fsp3) is 0. The molecule has 16 heteroatoms. The van der Waals surface area contributed by atoms with Gasteiger partial charge in [0.05, 0.1) is 42.1 Å². The van der Waals surface area contributed by atoms with Gasteiger partial charge in [-0.1, -0.05) is 24.3 Å². The molecule has 0 fully saturated rings. The number of carbonyl (C=O) groups is 2. The van der Waals surface area contributed by atoms with Gasteiger partial charge in [0.25, 0.3) is 43.2 Å². The lowest BCUT2D eigenvalue weighted by molar-refractivity contribution is -0.385. The summed E-state index contributed by atoms with van der Waals surface area (Å²) in [7, 11) is -9.63. The van der Waals surface area contributed by atoms with Gasteiger partial charge in [0.1, 0.15) is 0 Å². The predicted molar refractivity (Wildman–Crippen MR) is 147 cm³/mol. The van der Waals surface area contributed by atoms with Gasteiger partial charge in [-0.05, 0) is 48.5 Å². The second-order valence-electron chi connectivity index (χ2n) is 8.69. The number of nitro benzene ring substituents is 2. The van der Waals surface area contributed by atoms with Crippen molar-refractivity contribution in [3.05, 3.63) is 128 Å². The monoisotopic (exact) mass is 608 g/mol. The van der Waals surface area contributed by atoms with Crippen molar-refractivity contribution >= 4 is 54.6 Å². The van der Waals surface area contributed by atoms with Gasteiger partial charge in [-0.15, -0.1) is 0 Å². The lowest BCUT2D eigenvalue weighted by Crippen LogP contribution is -2.45. The molecule has 14 nitrogen and oxygen atoms in total. The minimum atomic E-state index is -4.81. The average Bonchev–Trinajstić information content (AvgIpc) is 2.97. The molecule has 0 aromatic heterocycles. The second kappa shape index (κ2) is 10.2. The van der Waals surface area contributed by atoms with E-state index in [2.05, 4.69) is 0 Å². The van der Waals surface area contributed by atoms with Crippen molar-refractivity contribution in [1.82, 2.24) is 0 Å². The Kier molecular flexibility index (Phi) is 6.79. The molecule has 0 aliphatic carbocycles. The molecular weight excluding hydrogens is 592 g/mol. The van der Waals surface area contributed by atoms with Gasteiger partial charge in [0, 0.05) is 24.3 Å². The van der Waals surface area contributed by atoms with Crippen molar-refractivity contribution in [3.63, 3.8) is 0 Å². The van der Waals surface area contributed by atoms with Crippen LogP contribution in [-0.4, -0.2) is 38.5 Å². The van der Waals surface area contributed by atoms with E-state index in [0.717, 1.165) is 72.8 Å². The van der Waals surface area contributed by atoms with E-state index in [0.29, 0.717) is 8.61 Å². The molecule has 0 saturated heterocycles. The largest absolute Gasteiger partial charge is 0.274 e. The first-order chi connectivity index (χ1) is 19.9. The molecule has 1 aliphatic heterocycles. The lowest BCUT2D eigenvalue weighted by Gasteiger charge is -2.32. The minimum absolute atomic E-state index is 0.343. The first-order valence-corrected chi connectivity index (χ1v) is 14.6. The number of anilines is 2. The highest BCUT2D eigenvalue weighted by atomic mass is 32.2. The van der Waals surface area contributed by atoms with E-state index in [9.17, 15) is 46.7 Å². The van der Waals surface area contributed by atoms with E-state index in [-0.39, 0.29) is 0 Å². The van der Waals surface area contributed by atoms with Gasteiger partial charge in [0.2, 0.25) is 0 Å². The Morgan fingerprint density at radius 2 is 0.810 bits per heavy atom. The summed E-state index contributed by atoms with van der Waals surface area (Å²) in [5, 5.41) is 22.1. The molecule has 0 radical (unpaired) electrons. The van der Waals surface area contributed by atoms with E-state index in [1.54, 1.807) is 0 Å². The quantitative estimate of drug-likeness (QED) is 0.229. The lowest BCUT2D eigenvalue weighted by atomic mass is 10.1. The Morgan fingerprint density at radius 1 is 0.500 bits per heavy atom. The highest BCUT2D eigenvalue weighted by Gasteiger charge is 2.43. The van der Waals surface area contributed by atoms with Crippen molar-refractivity contribution in [1.29, 1.82) is 0 Å². The molecule has 0 atom stereocenters. The van der Waals surface area contributed by atoms with E-state index in [1.807, 2.05) is 0 Å². The Bertz CT molecular complexity index is 1860. The molecule has 0 bridgehead atoms. The summed E-state index contributed by atoms with van der Waals surface area (Å²) in [5.41, 5.74) is -2.69. The molecule has 5 rings (SSSR count). The Labute approximate surface area is 237 Å². The molecule has 0 unspecified atom stereocenters. The highest BCUT2D eigenvalue weighted by Crippen LogP contribution is 2.38. The summed E-state index contributed by atoms with van der Waals surface area (Å²) >= 11 is 0. The molecule has 1 aliphatic rings. The molecule has 4 aromatic carbocycles. The third kappa shape index (κ3) is 4.53. The molecule has 0 saturated carbocycles. The number of para-hydroxylation sites is 2.